The third kappa shape index (κ3) is 4.21. The molecule has 5 nitrogen and oxygen atoms in total. The van der Waals surface area contributed by atoms with Gasteiger partial charge in [-0.05, 0) is 37.8 Å². The molecule has 1 aliphatic heterocycles. The van der Waals surface area contributed by atoms with Crippen LogP contribution in [0.15, 0.2) is 36.9 Å². The number of benzene rings is 1. The summed E-state index contributed by atoms with van der Waals surface area (Å²) in [4.78, 5) is 26.7. The van der Waals surface area contributed by atoms with Gasteiger partial charge in [-0.15, -0.1) is 6.58 Å². The fraction of sp³-hybridized carbons (Fsp3) is 0.500. The van der Waals surface area contributed by atoms with E-state index in [1.165, 1.54) is 6.42 Å². The van der Waals surface area contributed by atoms with E-state index in [0.29, 0.717) is 12.1 Å². The first-order valence-corrected chi connectivity index (χ1v) is 9.22. The smallest absolute Gasteiger partial charge is 0.253 e. The van der Waals surface area contributed by atoms with E-state index in [1.54, 1.807) is 6.08 Å². The van der Waals surface area contributed by atoms with Gasteiger partial charge in [0, 0.05) is 37.3 Å². The van der Waals surface area contributed by atoms with Crippen molar-refractivity contribution < 1.29 is 9.59 Å². The van der Waals surface area contributed by atoms with E-state index in [4.69, 9.17) is 0 Å². The van der Waals surface area contributed by atoms with Gasteiger partial charge in [-0.1, -0.05) is 24.6 Å². The topological polar surface area (TPSA) is 61.4 Å². The first kappa shape index (κ1) is 17.5. The largest absolute Gasteiger partial charge is 0.371 e. The van der Waals surface area contributed by atoms with E-state index >= 15 is 0 Å². The minimum Gasteiger partial charge on any atom is -0.371 e. The molecule has 0 bridgehead atoms. The van der Waals surface area contributed by atoms with Crippen LogP contribution >= 0.6 is 0 Å². The molecule has 0 atom stereocenters. The Kier molecular flexibility index (Phi) is 5.74. The number of amides is 2. The van der Waals surface area contributed by atoms with Crippen molar-refractivity contribution in [3.05, 3.63) is 42.5 Å². The SMILES string of the molecule is C=CCNC(=O)c1ccccc1N1CCC(NC(=O)C2CCC2)CC1. The van der Waals surface area contributed by atoms with E-state index < -0.39 is 0 Å². The molecular formula is C20H27N3O2. The molecule has 1 aromatic rings. The standard InChI is InChI=1S/C20H27N3O2/c1-2-12-21-20(25)17-8-3-4-9-18(17)23-13-10-16(11-14-23)22-19(24)15-6-5-7-15/h2-4,8-9,15-16H,1,5-7,10-14H2,(H,21,25)(H,22,24). The quantitative estimate of drug-likeness (QED) is 0.782. The Labute approximate surface area is 149 Å². The van der Waals surface area contributed by atoms with Crippen LogP contribution in [0.4, 0.5) is 5.69 Å². The van der Waals surface area contributed by atoms with Crippen LogP contribution in [0.3, 0.4) is 0 Å². The molecule has 2 aliphatic rings. The van der Waals surface area contributed by atoms with Crippen molar-refractivity contribution in [2.45, 2.75) is 38.1 Å². The number of piperidine rings is 1. The van der Waals surface area contributed by atoms with Gasteiger partial charge in [0.1, 0.15) is 0 Å². The second-order valence-electron chi connectivity index (χ2n) is 6.91. The molecule has 0 spiro atoms. The lowest BCUT2D eigenvalue weighted by Crippen LogP contribution is -2.47. The van der Waals surface area contributed by atoms with Gasteiger partial charge < -0.3 is 15.5 Å². The predicted molar refractivity (Wildman–Crippen MR) is 99.7 cm³/mol. The Bertz CT molecular complexity index is 632. The lowest BCUT2D eigenvalue weighted by Gasteiger charge is -2.36. The maximum Gasteiger partial charge on any atom is 0.253 e. The highest BCUT2D eigenvalue weighted by molar-refractivity contribution is 5.99. The van der Waals surface area contributed by atoms with Crippen LogP contribution in [0.5, 0.6) is 0 Å². The number of nitrogens with one attached hydrogen (secondary N) is 2. The number of para-hydroxylation sites is 1. The van der Waals surface area contributed by atoms with Gasteiger partial charge in [-0.25, -0.2) is 0 Å². The average Bonchev–Trinajstić information content (AvgIpc) is 2.59. The lowest BCUT2D eigenvalue weighted by molar-refractivity contribution is -0.128. The normalized spacial score (nSPS) is 18.3. The fourth-order valence-corrected chi connectivity index (χ4v) is 3.46. The van der Waals surface area contributed by atoms with Crippen LogP contribution in [-0.4, -0.2) is 37.5 Å². The first-order valence-electron chi connectivity index (χ1n) is 9.22. The summed E-state index contributed by atoms with van der Waals surface area (Å²) in [6.45, 7) is 5.79. The van der Waals surface area contributed by atoms with E-state index in [0.717, 1.165) is 44.5 Å². The maximum absolute atomic E-state index is 12.3. The summed E-state index contributed by atoms with van der Waals surface area (Å²) in [6, 6.07) is 7.96. The minimum atomic E-state index is -0.0732. The number of nitrogens with zero attached hydrogens (tertiary/aromatic N) is 1. The van der Waals surface area contributed by atoms with Crippen LogP contribution in [-0.2, 0) is 4.79 Å². The molecule has 0 unspecified atom stereocenters. The summed E-state index contributed by atoms with van der Waals surface area (Å²) in [5, 5.41) is 6.05. The number of hydrogen-bond acceptors (Lipinski definition) is 3. The van der Waals surface area contributed by atoms with Crippen molar-refractivity contribution in [1.29, 1.82) is 0 Å². The van der Waals surface area contributed by atoms with E-state index in [-0.39, 0.29) is 23.8 Å². The van der Waals surface area contributed by atoms with Crippen LogP contribution in [0.1, 0.15) is 42.5 Å². The van der Waals surface area contributed by atoms with E-state index in [1.807, 2.05) is 24.3 Å². The highest BCUT2D eigenvalue weighted by atomic mass is 16.2. The average molecular weight is 341 g/mol. The molecule has 1 heterocycles. The van der Waals surface area contributed by atoms with Gasteiger partial charge >= 0.3 is 0 Å². The Morgan fingerprint density at radius 1 is 1.16 bits per heavy atom. The van der Waals surface area contributed by atoms with Crippen LogP contribution in [0, 0.1) is 5.92 Å². The zero-order valence-electron chi connectivity index (χ0n) is 14.7. The van der Waals surface area contributed by atoms with E-state index in [2.05, 4.69) is 22.1 Å². The molecule has 0 radical (unpaired) electrons. The Balaban J connectivity index is 1.58. The number of carbonyl (C=O) groups is 2. The fourth-order valence-electron chi connectivity index (χ4n) is 3.46. The third-order valence-corrected chi connectivity index (χ3v) is 5.21. The summed E-state index contributed by atoms with van der Waals surface area (Å²) < 4.78 is 0. The summed E-state index contributed by atoms with van der Waals surface area (Å²) in [5.41, 5.74) is 1.66. The maximum atomic E-state index is 12.3. The monoisotopic (exact) mass is 341 g/mol. The van der Waals surface area contributed by atoms with Gasteiger partial charge in [0.2, 0.25) is 5.91 Å². The summed E-state index contributed by atoms with van der Waals surface area (Å²) in [5.74, 6) is 0.400. The van der Waals surface area contributed by atoms with Crippen LogP contribution < -0.4 is 15.5 Å². The second kappa shape index (κ2) is 8.19. The molecule has 0 aromatic heterocycles. The summed E-state index contributed by atoms with van der Waals surface area (Å²) in [6.07, 6.45) is 6.77. The van der Waals surface area contributed by atoms with Crippen molar-refractivity contribution in [3.63, 3.8) is 0 Å². The van der Waals surface area contributed by atoms with Crippen molar-refractivity contribution in [3.8, 4) is 0 Å². The van der Waals surface area contributed by atoms with Gasteiger partial charge in [0.05, 0.1) is 5.56 Å². The molecule has 134 valence electrons. The number of anilines is 1. The lowest BCUT2D eigenvalue weighted by atomic mass is 9.84. The van der Waals surface area contributed by atoms with Crippen LogP contribution in [0.25, 0.3) is 0 Å². The second-order valence-corrected chi connectivity index (χ2v) is 6.91. The molecule has 1 saturated carbocycles. The van der Waals surface area contributed by atoms with Gasteiger partial charge in [-0.2, -0.15) is 0 Å². The Hall–Kier alpha value is -2.30. The molecule has 2 amide bonds. The molecule has 5 heteroatoms. The number of rotatable bonds is 6. The highest BCUT2D eigenvalue weighted by Gasteiger charge is 2.29. The highest BCUT2D eigenvalue weighted by Crippen LogP contribution is 2.28. The van der Waals surface area contributed by atoms with Gasteiger partial charge in [0.15, 0.2) is 0 Å². The minimum absolute atomic E-state index is 0.0732. The van der Waals surface area contributed by atoms with Gasteiger partial charge in [-0.3, -0.25) is 9.59 Å². The van der Waals surface area contributed by atoms with Crippen LogP contribution in [0.2, 0.25) is 0 Å². The Morgan fingerprint density at radius 2 is 1.88 bits per heavy atom. The number of carbonyl (C=O) groups excluding carboxylic acids is 2. The van der Waals surface area contributed by atoms with Crippen molar-refractivity contribution in [2.75, 3.05) is 24.5 Å². The number of hydrogen-bond donors (Lipinski definition) is 2. The Morgan fingerprint density at radius 3 is 2.52 bits per heavy atom. The van der Waals surface area contributed by atoms with Crippen molar-refractivity contribution in [1.82, 2.24) is 10.6 Å². The van der Waals surface area contributed by atoms with Crippen molar-refractivity contribution >= 4 is 17.5 Å². The molecule has 1 aromatic carbocycles. The zero-order chi connectivity index (χ0) is 17.6. The zero-order valence-corrected chi connectivity index (χ0v) is 14.7. The molecule has 25 heavy (non-hydrogen) atoms. The third-order valence-electron chi connectivity index (χ3n) is 5.21. The van der Waals surface area contributed by atoms with E-state index in [9.17, 15) is 9.59 Å². The van der Waals surface area contributed by atoms with Crippen molar-refractivity contribution in [2.24, 2.45) is 5.92 Å². The summed E-state index contributed by atoms with van der Waals surface area (Å²) >= 11 is 0. The molecule has 1 saturated heterocycles. The molecule has 2 N–H and O–H groups in total. The predicted octanol–water partition coefficient (Wildman–Crippen LogP) is 2.49. The molecule has 1 aliphatic carbocycles. The molecular weight excluding hydrogens is 314 g/mol. The van der Waals surface area contributed by atoms with Gasteiger partial charge in [0.25, 0.3) is 5.91 Å². The molecule has 2 fully saturated rings. The summed E-state index contributed by atoms with van der Waals surface area (Å²) in [7, 11) is 0. The molecule has 3 rings (SSSR count). The first-order chi connectivity index (χ1) is 12.2.